The van der Waals surface area contributed by atoms with E-state index in [0.29, 0.717) is 11.4 Å². The molecule has 1 N–H and O–H groups in total. The number of pyridine rings is 1. The van der Waals surface area contributed by atoms with E-state index in [0.717, 1.165) is 11.1 Å². The molecule has 94 valence electrons. The van der Waals surface area contributed by atoms with Gasteiger partial charge in [-0.3, -0.25) is 4.98 Å². The molecule has 1 atom stereocenters. The Labute approximate surface area is 107 Å². The van der Waals surface area contributed by atoms with Gasteiger partial charge in [-0.15, -0.1) is 0 Å². The van der Waals surface area contributed by atoms with Crippen LogP contribution in [0.1, 0.15) is 23.7 Å². The number of hydrogen-bond acceptors (Lipinski definition) is 3. The first-order valence-corrected chi connectivity index (χ1v) is 5.84. The Balaban J connectivity index is 2.50. The molecule has 2 aromatic rings. The van der Waals surface area contributed by atoms with Crippen LogP contribution in [0, 0.1) is 6.92 Å². The second kappa shape index (κ2) is 4.78. The van der Waals surface area contributed by atoms with Crippen molar-refractivity contribution >= 4 is 0 Å². The molecule has 0 aliphatic carbocycles. The summed E-state index contributed by atoms with van der Waals surface area (Å²) >= 11 is 0. The zero-order valence-corrected chi connectivity index (χ0v) is 10.8. The van der Waals surface area contributed by atoms with Crippen molar-refractivity contribution in [1.29, 1.82) is 0 Å². The Morgan fingerprint density at radius 2 is 1.83 bits per heavy atom. The zero-order valence-electron chi connectivity index (χ0n) is 10.8. The molecule has 0 fully saturated rings. The van der Waals surface area contributed by atoms with Crippen LogP contribution in [0.5, 0.6) is 5.75 Å². The number of ether oxygens (including phenoxy) is 1. The van der Waals surface area contributed by atoms with Gasteiger partial charge in [0.1, 0.15) is 17.0 Å². The summed E-state index contributed by atoms with van der Waals surface area (Å²) in [7, 11) is 1.58. The first-order valence-electron chi connectivity index (χ1n) is 5.84. The van der Waals surface area contributed by atoms with E-state index in [2.05, 4.69) is 4.98 Å². The fourth-order valence-electron chi connectivity index (χ4n) is 1.94. The van der Waals surface area contributed by atoms with Crippen molar-refractivity contribution in [3.8, 4) is 5.75 Å². The molecular weight excluding hydrogens is 226 g/mol. The highest BCUT2D eigenvalue weighted by Gasteiger charge is 2.30. The van der Waals surface area contributed by atoms with E-state index in [1.807, 2.05) is 31.2 Å². The van der Waals surface area contributed by atoms with E-state index in [1.165, 1.54) is 0 Å². The molecule has 0 spiro atoms. The number of aromatic nitrogens is 1. The second-order valence-corrected chi connectivity index (χ2v) is 4.49. The Morgan fingerprint density at radius 1 is 1.17 bits per heavy atom. The average Bonchev–Trinajstić information content (AvgIpc) is 2.39. The van der Waals surface area contributed by atoms with E-state index in [9.17, 15) is 5.11 Å². The Hall–Kier alpha value is -1.87. The van der Waals surface area contributed by atoms with Gasteiger partial charge in [-0.1, -0.05) is 29.8 Å². The molecule has 1 heterocycles. The van der Waals surface area contributed by atoms with E-state index in [4.69, 9.17) is 4.74 Å². The summed E-state index contributed by atoms with van der Waals surface area (Å²) in [6.45, 7) is 3.74. The third kappa shape index (κ3) is 2.22. The number of rotatable bonds is 3. The van der Waals surface area contributed by atoms with Gasteiger partial charge in [0.15, 0.2) is 0 Å². The Bertz CT molecular complexity index is 532. The molecular formula is C15H17NO2. The van der Waals surface area contributed by atoms with Gasteiger partial charge < -0.3 is 9.84 Å². The van der Waals surface area contributed by atoms with Crippen molar-refractivity contribution in [2.24, 2.45) is 0 Å². The van der Waals surface area contributed by atoms with Crippen LogP contribution in [-0.4, -0.2) is 17.2 Å². The molecule has 1 aromatic heterocycles. The van der Waals surface area contributed by atoms with Crippen LogP contribution in [0.2, 0.25) is 0 Å². The van der Waals surface area contributed by atoms with Crippen LogP contribution in [0.15, 0.2) is 42.6 Å². The molecule has 2 rings (SSSR count). The molecule has 18 heavy (non-hydrogen) atoms. The number of benzene rings is 1. The molecule has 0 amide bonds. The predicted octanol–water partition coefficient (Wildman–Crippen LogP) is 2.65. The van der Waals surface area contributed by atoms with Gasteiger partial charge in [0.25, 0.3) is 0 Å². The van der Waals surface area contributed by atoms with Crippen molar-refractivity contribution in [2.75, 3.05) is 7.11 Å². The van der Waals surface area contributed by atoms with E-state index in [-0.39, 0.29) is 0 Å². The largest absolute Gasteiger partial charge is 0.495 e. The van der Waals surface area contributed by atoms with Gasteiger partial charge in [0, 0.05) is 6.20 Å². The first kappa shape index (κ1) is 12.6. The molecule has 1 unspecified atom stereocenters. The summed E-state index contributed by atoms with van der Waals surface area (Å²) in [4.78, 5) is 4.25. The average molecular weight is 243 g/mol. The van der Waals surface area contributed by atoms with Crippen LogP contribution in [-0.2, 0) is 5.60 Å². The molecule has 0 bridgehead atoms. The highest BCUT2D eigenvalue weighted by atomic mass is 16.5. The fourth-order valence-corrected chi connectivity index (χ4v) is 1.94. The minimum atomic E-state index is -1.17. The lowest BCUT2D eigenvalue weighted by Gasteiger charge is -2.25. The van der Waals surface area contributed by atoms with Crippen molar-refractivity contribution < 1.29 is 9.84 Å². The maximum absolute atomic E-state index is 10.7. The molecule has 0 aliphatic rings. The topological polar surface area (TPSA) is 42.4 Å². The van der Waals surface area contributed by atoms with E-state index < -0.39 is 5.60 Å². The SMILES string of the molecule is COc1cccnc1C(C)(O)c1ccc(C)cc1. The molecule has 3 heteroatoms. The van der Waals surface area contributed by atoms with Gasteiger partial charge >= 0.3 is 0 Å². The molecule has 0 saturated heterocycles. The van der Waals surface area contributed by atoms with Gasteiger partial charge in [-0.2, -0.15) is 0 Å². The van der Waals surface area contributed by atoms with Crippen LogP contribution < -0.4 is 4.74 Å². The minimum Gasteiger partial charge on any atom is -0.495 e. The summed E-state index contributed by atoms with van der Waals surface area (Å²) in [6.07, 6.45) is 1.65. The van der Waals surface area contributed by atoms with Crippen LogP contribution in [0.25, 0.3) is 0 Å². The van der Waals surface area contributed by atoms with Crippen molar-refractivity contribution in [1.82, 2.24) is 4.98 Å². The predicted molar refractivity (Wildman–Crippen MR) is 70.6 cm³/mol. The number of aryl methyl sites for hydroxylation is 1. The van der Waals surface area contributed by atoms with Gasteiger partial charge in [0.2, 0.25) is 0 Å². The number of nitrogens with zero attached hydrogens (tertiary/aromatic N) is 1. The molecule has 3 nitrogen and oxygen atoms in total. The van der Waals surface area contributed by atoms with E-state index in [1.54, 1.807) is 32.4 Å². The minimum absolute atomic E-state index is 0.524. The highest BCUT2D eigenvalue weighted by molar-refractivity contribution is 5.40. The summed E-state index contributed by atoms with van der Waals surface area (Å²) in [5.74, 6) is 0.586. The lowest BCUT2D eigenvalue weighted by Crippen LogP contribution is -2.25. The van der Waals surface area contributed by atoms with Crippen LogP contribution in [0.3, 0.4) is 0 Å². The monoisotopic (exact) mass is 243 g/mol. The van der Waals surface area contributed by atoms with Crippen molar-refractivity contribution in [2.45, 2.75) is 19.4 Å². The summed E-state index contributed by atoms with van der Waals surface area (Å²) < 4.78 is 5.25. The number of aliphatic hydroxyl groups is 1. The third-order valence-corrected chi connectivity index (χ3v) is 3.07. The maximum Gasteiger partial charge on any atom is 0.143 e. The van der Waals surface area contributed by atoms with Crippen LogP contribution >= 0.6 is 0 Å². The molecule has 1 aromatic carbocycles. The van der Waals surface area contributed by atoms with Crippen molar-refractivity contribution in [3.05, 3.63) is 59.4 Å². The summed E-state index contributed by atoms with van der Waals surface area (Å²) in [6, 6.07) is 11.3. The molecule has 0 radical (unpaired) electrons. The maximum atomic E-state index is 10.7. The zero-order chi connectivity index (χ0) is 13.2. The quantitative estimate of drug-likeness (QED) is 0.901. The van der Waals surface area contributed by atoms with Crippen LogP contribution in [0.4, 0.5) is 0 Å². The summed E-state index contributed by atoms with van der Waals surface area (Å²) in [5.41, 5.74) is 1.31. The number of methoxy groups -OCH3 is 1. The van der Waals surface area contributed by atoms with Gasteiger partial charge in [-0.05, 0) is 31.5 Å². The van der Waals surface area contributed by atoms with E-state index >= 15 is 0 Å². The van der Waals surface area contributed by atoms with Gasteiger partial charge in [-0.25, -0.2) is 0 Å². The third-order valence-electron chi connectivity index (χ3n) is 3.07. The fraction of sp³-hybridized carbons (Fsp3) is 0.267. The van der Waals surface area contributed by atoms with Crippen molar-refractivity contribution in [3.63, 3.8) is 0 Å². The number of hydrogen-bond donors (Lipinski definition) is 1. The smallest absolute Gasteiger partial charge is 0.143 e. The normalized spacial score (nSPS) is 14.0. The standard InChI is InChI=1S/C15H17NO2/c1-11-6-8-12(9-7-11)15(2,17)14-13(18-3)5-4-10-16-14/h4-10,17H,1-3H3. The van der Waals surface area contributed by atoms with Gasteiger partial charge in [0.05, 0.1) is 7.11 Å². The lowest BCUT2D eigenvalue weighted by atomic mass is 9.91. The second-order valence-electron chi connectivity index (χ2n) is 4.49. The summed E-state index contributed by atoms with van der Waals surface area (Å²) in [5, 5.41) is 10.7. The lowest BCUT2D eigenvalue weighted by molar-refractivity contribution is 0.0939. The Kier molecular flexibility index (Phi) is 3.34. The highest BCUT2D eigenvalue weighted by Crippen LogP contribution is 2.33. The molecule has 0 aliphatic heterocycles. The Morgan fingerprint density at radius 3 is 2.44 bits per heavy atom. The first-order chi connectivity index (χ1) is 8.55. The molecule has 0 saturated carbocycles.